The van der Waals surface area contributed by atoms with Gasteiger partial charge >= 0.3 is 0 Å². The van der Waals surface area contributed by atoms with Crippen LogP contribution in [0.5, 0.6) is 0 Å². The molecule has 1 amide bonds. The van der Waals surface area contributed by atoms with E-state index >= 15 is 0 Å². The maximum Gasteiger partial charge on any atom is 0.244 e. The summed E-state index contributed by atoms with van der Waals surface area (Å²) in [6.07, 6.45) is 3.46. The lowest BCUT2D eigenvalue weighted by Crippen LogP contribution is -2.41. The predicted octanol–water partition coefficient (Wildman–Crippen LogP) is 3.28. The molecule has 1 aromatic carbocycles. The number of carbonyl (C=O) groups is 1. The fraction of sp³-hybridized carbons (Fsp3) is 0.600. The fourth-order valence-corrected chi connectivity index (χ4v) is 2.99. The first-order valence-corrected chi connectivity index (χ1v) is 9.46. The highest BCUT2D eigenvalue weighted by molar-refractivity contribution is 14.0. The molecular weight excluding hydrogens is 439 g/mol. The topological polar surface area (TPSA) is 56.7 Å². The molecule has 1 aromatic rings. The summed E-state index contributed by atoms with van der Waals surface area (Å²) in [5.41, 5.74) is 2.58. The number of halogens is 1. The Bertz CT molecular complexity index is 568. The lowest BCUT2D eigenvalue weighted by atomic mass is 10.0. The Kier molecular flexibility index (Phi) is 10.6. The molecule has 1 heterocycles. The molecule has 2 rings (SSSR count). The van der Waals surface area contributed by atoms with Crippen LogP contribution in [-0.4, -0.2) is 49.5 Å². The van der Waals surface area contributed by atoms with E-state index in [2.05, 4.69) is 53.7 Å². The molecule has 1 unspecified atom stereocenters. The monoisotopic (exact) mass is 472 g/mol. The highest BCUT2D eigenvalue weighted by Crippen LogP contribution is 2.14. The third kappa shape index (κ3) is 7.51. The molecule has 1 aliphatic heterocycles. The van der Waals surface area contributed by atoms with Gasteiger partial charge in [0.15, 0.2) is 5.96 Å². The SMILES string of the molecule is CCNC(=NCC(=O)N1CCCCC1)NCC(C)c1ccc(C)cc1.I. The number of carbonyl (C=O) groups excluding carboxylic acids is 1. The van der Waals surface area contributed by atoms with Gasteiger partial charge in [0.25, 0.3) is 0 Å². The van der Waals surface area contributed by atoms with Gasteiger partial charge in [0.05, 0.1) is 0 Å². The van der Waals surface area contributed by atoms with Crippen LogP contribution in [0.3, 0.4) is 0 Å². The molecule has 146 valence electrons. The molecule has 0 spiro atoms. The van der Waals surface area contributed by atoms with Gasteiger partial charge < -0.3 is 15.5 Å². The predicted molar refractivity (Wildman–Crippen MR) is 119 cm³/mol. The van der Waals surface area contributed by atoms with E-state index in [-0.39, 0.29) is 36.4 Å². The number of guanidine groups is 1. The van der Waals surface area contributed by atoms with E-state index in [1.54, 1.807) is 0 Å². The molecule has 26 heavy (non-hydrogen) atoms. The second kappa shape index (κ2) is 12.1. The Labute approximate surface area is 175 Å². The van der Waals surface area contributed by atoms with Gasteiger partial charge in [0.2, 0.25) is 5.91 Å². The van der Waals surface area contributed by atoms with Crippen LogP contribution < -0.4 is 10.6 Å². The molecule has 5 nitrogen and oxygen atoms in total. The van der Waals surface area contributed by atoms with Crippen molar-refractivity contribution in [3.63, 3.8) is 0 Å². The zero-order valence-electron chi connectivity index (χ0n) is 16.3. The van der Waals surface area contributed by atoms with E-state index in [9.17, 15) is 4.79 Å². The molecular formula is C20H33IN4O. The Morgan fingerprint density at radius 1 is 1.15 bits per heavy atom. The molecule has 0 bridgehead atoms. The molecule has 1 aliphatic rings. The number of likely N-dealkylation sites (tertiary alicyclic amines) is 1. The van der Waals surface area contributed by atoms with Crippen LogP contribution in [0.15, 0.2) is 29.3 Å². The maximum atomic E-state index is 12.3. The van der Waals surface area contributed by atoms with Gasteiger partial charge in [0.1, 0.15) is 6.54 Å². The number of hydrogen-bond donors (Lipinski definition) is 2. The summed E-state index contributed by atoms with van der Waals surface area (Å²) in [6, 6.07) is 8.63. The second-order valence-corrected chi connectivity index (χ2v) is 6.83. The Hall–Kier alpha value is -1.31. The van der Waals surface area contributed by atoms with E-state index in [0.29, 0.717) is 11.9 Å². The number of rotatable bonds is 6. The van der Waals surface area contributed by atoms with Crippen LogP contribution >= 0.6 is 24.0 Å². The molecule has 0 saturated carbocycles. The molecule has 6 heteroatoms. The van der Waals surface area contributed by atoms with Crippen LogP contribution in [0.4, 0.5) is 0 Å². The minimum Gasteiger partial charge on any atom is -0.357 e. The van der Waals surface area contributed by atoms with E-state index in [1.165, 1.54) is 17.5 Å². The summed E-state index contributed by atoms with van der Waals surface area (Å²) in [5.74, 6) is 1.22. The normalized spacial score (nSPS) is 15.8. The van der Waals surface area contributed by atoms with Crippen molar-refractivity contribution in [2.75, 3.05) is 32.7 Å². The first kappa shape index (κ1) is 22.7. The highest BCUT2D eigenvalue weighted by atomic mass is 127. The quantitative estimate of drug-likeness (QED) is 0.380. The van der Waals surface area contributed by atoms with Crippen molar-refractivity contribution in [1.82, 2.24) is 15.5 Å². The first-order chi connectivity index (χ1) is 12.1. The molecule has 2 N–H and O–H groups in total. The zero-order chi connectivity index (χ0) is 18.1. The van der Waals surface area contributed by atoms with Gasteiger partial charge in [-0.1, -0.05) is 36.8 Å². The molecule has 0 aliphatic carbocycles. The van der Waals surface area contributed by atoms with Gasteiger partial charge in [-0.2, -0.15) is 0 Å². The zero-order valence-corrected chi connectivity index (χ0v) is 18.6. The van der Waals surface area contributed by atoms with Crippen LogP contribution in [0.2, 0.25) is 0 Å². The molecule has 1 saturated heterocycles. The molecule has 1 atom stereocenters. The van der Waals surface area contributed by atoms with Crippen LogP contribution in [0.1, 0.15) is 50.2 Å². The van der Waals surface area contributed by atoms with Crippen molar-refractivity contribution >= 4 is 35.8 Å². The van der Waals surface area contributed by atoms with Gasteiger partial charge in [-0.15, -0.1) is 24.0 Å². The van der Waals surface area contributed by atoms with Crippen molar-refractivity contribution in [2.24, 2.45) is 4.99 Å². The number of aryl methyl sites for hydroxylation is 1. The van der Waals surface area contributed by atoms with Gasteiger partial charge in [0, 0.05) is 26.2 Å². The average molecular weight is 472 g/mol. The standard InChI is InChI=1S/C20H32N4O.HI/c1-4-21-20(23-15-19(25)24-12-6-5-7-13-24)22-14-17(3)18-10-8-16(2)9-11-18;/h8-11,17H,4-7,12-15H2,1-3H3,(H2,21,22,23);1H. The van der Waals surface area contributed by atoms with Crippen molar-refractivity contribution in [3.05, 3.63) is 35.4 Å². The summed E-state index contributed by atoms with van der Waals surface area (Å²) in [6.45, 7) is 9.87. The number of amides is 1. The summed E-state index contributed by atoms with van der Waals surface area (Å²) in [5, 5.41) is 6.58. The molecule has 0 aromatic heterocycles. The van der Waals surface area contributed by atoms with E-state index < -0.39 is 0 Å². The number of piperidine rings is 1. The molecule has 1 fully saturated rings. The third-order valence-electron chi connectivity index (χ3n) is 4.65. The number of hydrogen-bond acceptors (Lipinski definition) is 2. The maximum absolute atomic E-state index is 12.3. The first-order valence-electron chi connectivity index (χ1n) is 9.46. The minimum atomic E-state index is 0. The summed E-state index contributed by atoms with van der Waals surface area (Å²) in [4.78, 5) is 18.7. The van der Waals surface area contributed by atoms with E-state index in [1.807, 2.05) is 11.8 Å². The lowest BCUT2D eigenvalue weighted by Gasteiger charge is -2.26. The highest BCUT2D eigenvalue weighted by Gasteiger charge is 2.16. The third-order valence-corrected chi connectivity index (χ3v) is 4.65. The van der Waals surface area contributed by atoms with E-state index in [4.69, 9.17) is 0 Å². The largest absolute Gasteiger partial charge is 0.357 e. The lowest BCUT2D eigenvalue weighted by molar-refractivity contribution is -0.130. The van der Waals surface area contributed by atoms with Crippen molar-refractivity contribution in [2.45, 2.75) is 46.0 Å². The smallest absolute Gasteiger partial charge is 0.244 e. The van der Waals surface area contributed by atoms with Crippen LogP contribution in [-0.2, 0) is 4.79 Å². The average Bonchev–Trinajstić information content (AvgIpc) is 2.64. The number of aliphatic imine (C=N–C) groups is 1. The van der Waals surface area contributed by atoms with Gasteiger partial charge in [-0.25, -0.2) is 4.99 Å². The summed E-state index contributed by atoms with van der Waals surface area (Å²) < 4.78 is 0. The number of nitrogens with zero attached hydrogens (tertiary/aromatic N) is 2. The van der Waals surface area contributed by atoms with Gasteiger partial charge in [-0.05, 0) is 44.6 Å². The van der Waals surface area contributed by atoms with Crippen molar-refractivity contribution in [1.29, 1.82) is 0 Å². The summed E-state index contributed by atoms with van der Waals surface area (Å²) in [7, 11) is 0. The van der Waals surface area contributed by atoms with Gasteiger partial charge in [-0.3, -0.25) is 4.79 Å². The van der Waals surface area contributed by atoms with Crippen LogP contribution in [0, 0.1) is 6.92 Å². The Morgan fingerprint density at radius 3 is 2.42 bits per heavy atom. The Balaban J connectivity index is 0.00000338. The molecule has 0 radical (unpaired) electrons. The van der Waals surface area contributed by atoms with E-state index in [0.717, 1.165) is 39.0 Å². The summed E-state index contributed by atoms with van der Waals surface area (Å²) >= 11 is 0. The number of nitrogens with one attached hydrogen (secondary N) is 2. The van der Waals surface area contributed by atoms with Crippen molar-refractivity contribution < 1.29 is 4.79 Å². The Morgan fingerprint density at radius 2 is 1.81 bits per heavy atom. The second-order valence-electron chi connectivity index (χ2n) is 6.83. The number of benzene rings is 1. The van der Waals surface area contributed by atoms with Crippen molar-refractivity contribution in [3.8, 4) is 0 Å². The fourth-order valence-electron chi connectivity index (χ4n) is 2.99. The minimum absolute atomic E-state index is 0. The van der Waals surface area contributed by atoms with Crippen LogP contribution in [0.25, 0.3) is 0 Å².